The fourth-order valence-corrected chi connectivity index (χ4v) is 1.36. The topological polar surface area (TPSA) is 66.9 Å². The maximum Gasteiger partial charge on any atom is 0.240 e. The van der Waals surface area contributed by atoms with Gasteiger partial charge in [-0.25, -0.2) is 0 Å². The Hall–Kier alpha value is -1.01. The molecule has 0 fully saturated rings. The summed E-state index contributed by atoms with van der Waals surface area (Å²) in [5.74, 6) is -0.0852. The van der Waals surface area contributed by atoms with Crippen molar-refractivity contribution in [1.29, 1.82) is 0 Å². The number of likely N-dealkylation sites (N-methyl/N-ethyl adjacent to an activating group) is 1. The van der Waals surface area contributed by atoms with Crippen LogP contribution in [0.25, 0.3) is 0 Å². The largest absolute Gasteiger partial charge is 0.309 e. The first-order valence-electron chi connectivity index (χ1n) is 4.03. The highest BCUT2D eigenvalue weighted by atomic mass is 32.1. The van der Waals surface area contributed by atoms with E-state index in [0.29, 0.717) is 11.7 Å². The quantitative estimate of drug-likeness (QED) is 0.738. The van der Waals surface area contributed by atoms with E-state index in [2.05, 4.69) is 20.8 Å². The SMILES string of the molecule is CCNCC(=O)Nc1nnc(C)s1. The molecule has 0 aliphatic rings. The minimum absolute atomic E-state index is 0.0852. The Morgan fingerprint density at radius 2 is 2.31 bits per heavy atom. The Kier molecular flexibility index (Phi) is 3.78. The number of carbonyl (C=O) groups is 1. The van der Waals surface area contributed by atoms with E-state index in [1.807, 2.05) is 13.8 Å². The van der Waals surface area contributed by atoms with Gasteiger partial charge in [0, 0.05) is 0 Å². The van der Waals surface area contributed by atoms with E-state index in [0.717, 1.165) is 11.6 Å². The van der Waals surface area contributed by atoms with Gasteiger partial charge in [-0.05, 0) is 13.5 Å². The molecule has 6 heteroatoms. The van der Waals surface area contributed by atoms with Gasteiger partial charge in [0.2, 0.25) is 11.0 Å². The smallest absolute Gasteiger partial charge is 0.240 e. The molecule has 0 saturated heterocycles. The molecule has 0 unspecified atom stereocenters. The minimum atomic E-state index is -0.0852. The summed E-state index contributed by atoms with van der Waals surface area (Å²) in [6.07, 6.45) is 0. The molecule has 72 valence electrons. The molecular formula is C7H12N4OS. The number of aryl methyl sites for hydroxylation is 1. The fourth-order valence-electron chi connectivity index (χ4n) is 0.749. The lowest BCUT2D eigenvalue weighted by atomic mass is 10.5. The summed E-state index contributed by atoms with van der Waals surface area (Å²) in [6.45, 7) is 4.89. The van der Waals surface area contributed by atoms with Crippen molar-refractivity contribution in [3.05, 3.63) is 5.01 Å². The van der Waals surface area contributed by atoms with Gasteiger partial charge in [-0.15, -0.1) is 10.2 Å². The number of hydrogen-bond acceptors (Lipinski definition) is 5. The molecule has 2 N–H and O–H groups in total. The maximum absolute atomic E-state index is 11.1. The first-order chi connectivity index (χ1) is 6.22. The third-order valence-corrected chi connectivity index (χ3v) is 2.06. The van der Waals surface area contributed by atoms with Crippen LogP contribution >= 0.6 is 11.3 Å². The lowest BCUT2D eigenvalue weighted by Crippen LogP contribution is -2.27. The Balaban J connectivity index is 2.36. The predicted molar refractivity (Wildman–Crippen MR) is 51.8 cm³/mol. The van der Waals surface area contributed by atoms with E-state index >= 15 is 0 Å². The average Bonchev–Trinajstić information content (AvgIpc) is 2.48. The Labute approximate surface area is 80.6 Å². The zero-order chi connectivity index (χ0) is 9.68. The number of aromatic nitrogens is 2. The van der Waals surface area contributed by atoms with Crippen LogP contribution in [0.1, 0.15) is 11.9 Å². The van der Waals surface area contributed by atoms with Crippen molar-refractivity contribution in [2.75, 3.05) is 18.4 Å². The number of nitrogens with one attached hydrogen (secondary N) is 2. The van der Waals surface area contributed by atoms with Gasteiger partial charge >= 0.3 is 0 Å². The van der Waals surface area contributed by atoms with Crippen molar-refractivity contribution in [2.45, 2.75) is 13.8 Å². The molecule has 0 aliphatic carbocycles. The van der Waals surface area contributed by atoms with Crippen LogP contribution in [0.2, 0.25) is 0 Å². The van der Waals surface area contributed by atoms with Crippen molar-refractivity contribution in [3.8, 4) is 0 Å². The minimum Gasteiger partial charge on any atom is -0.309 e. The highest BCUT2D eigenvalue weighted by molar-refractivity contribution is 7.15. The molecule has 13 heavy (non-hydrogen) atoms. The maximum atomic E-state index is 11.1. The summed E-state index contributed by atoms with van der Waals surface area (Å²) < 4.78 is 0. The number of rotatable bonds is 4. The Morgan fingerprint density at radius 3 is 2.85 bits per heavy atom. The molecule has 0 bridgehead atoms. The van der Waals surface area contributed by atoms with Gasteiger partial charge in [-0.3, -0.25) is 10.1 Å². The van der Waals surface area contributed by atoms with Crippen molar-refractivity contribution in [1.82, 2.24) is 15.5 Å². The van der Waals surface area contributed by atoms with Gasteiger partial charge in [0.05, 0.1) is 6.54 Å². The summed E-state index contributed by atoms with van der Waals surface area (Å²) in [5, 5.41) is 14.5. The van der Waals surface area contributed by atoms with Gasteiger partial charge in [0.25, 0.3) is 0 Å². The molecule has 1 aromatic rings. The first kappa shape index (κ1) is 10.1. The molecule has 1 aromatic heterocycles. The van der Waals surface area contributed by atoms with Crippen LogP contribution < -0.4 is 10.6 Å². The third-order valence-electron chi connectivity index (χ3n) is 1.31. The van der Waals surface area contributed by atoms with Crippen molar-refractivity contribution in [2.24, 2.45) is 0 Å². The molecule has 1 amide bonds. The van der Waals surface area contributed by atoms with E-state index in [1.54, 1.807) is 0 Å². The number of hydrogen-bond donors (Lipinski definition) is 2. The number of nitrogens with zero attached hydrogens (tertiary/aromatic N) is 2. The van der Waals surface area contributed by atoms with Crippen molar-refractivity contribution >= 4 is 22.4 Å². The molecule has 1 heterocycles. The van der Waals surface area contributed by atoms with E-state index in [9.17, 15) is 4.79 Å². The number of carbonyl (C=O) groups excluding carboxylic acids is 1. The average molecular weight is 200 g/mol. The fraction of sp³-hybridized carbons (Fsp3) is 0.571. The normalized spacial score (nSPS) is 10.0. The molecular weight excluding hydrogens is 188 g/mol. The molecule has 0 aromatic carbocycles. The van der Waals surface area contributed by atoms with Crippen LogP contribution in [0, 0.1) is 6.92 Å². The van der Waals surface area contributed by atoms with Crippen LogP contribution in [0.4, 0.5) is 5.13 Å². The summed E-state index contributed by atoms with van der Waals surface area (Å²) >= 11 is 1.37. The van der Waals surface area contributed by atoms with E-state index in [4.69, 9.17) is 0 Å². The summed E-state index contributed by atoms with van der Waals surface area (Å²) in [6, 6.07) is 0. The lowest BCUT2D eigenvalue weighted by molar-refractivity contribution is -0.115. The molecule has 0 aliphatic heterocycles. The standard InChI is InChI=1S/C7H12N4OS/c1-3-8-4-6(12)9-7-11-10-5(2)13-7/h8H,3-4H2,1-2H3,(H,9,11,12). The van der Waals surface area contributed by atoms with Crippen LogP contribution in [0.5, 0.6) is 0 Å². The van der Waals surface area contributed by atoms with E-state index < -0.39 is 0 Å². The van der Waals surface area contributed by atoms with Gasteiger partial charge in [-0.1, -0.05) is 18.3 Å². The molecule has 1 rings (SSSR count). The Bertz CT molecular complexity index is 286. The van der Waals surface area contributed by atoms with E-state index in [-0.39, 0.29) is 5.91 Å². The van der Waals surface area contributed by atoms with Crippen molar-refractivity contribution < 1.29 is 4.79 Å². The summed E-state index contributed by atoms with van der Waals surface area (Å²) in [7, 11) is 0. The highest BCUT2D eigenvalue weighted by Crippen LogP contribution is 2.12. The van der Waals surface area contributed by atoms with Crippen molar-refractivity contribution in [3.63, 3.8) is 0 Å². The number of anilines is 1. The molecule has 5 nitrogen and oxygen atoms in total. The zero-order valence-electron chi connectivity index (χ0n) is 7.63. The first-order valence-corrected chi connectivity index (χ1v) is 4.84. The van der Waals surface area contributed by atoms with Crippen LogP contribution in [0.15, 0.2) is 0 Å². The molecule has 0 radical (unpaired) electrons. The second-order valence-electron chi connectivity index (χ2n) is 2.45. The molecule has 0 atom stereocenters. The summed E-state index contributed by atoms with van der Waals surface area (Å²) in [5.41, 5.74) is 0. The summed E-state index contributed by atoms with van der Waals surface area (Å²) in [4.78, 5) is 11.1. The van der Waals surface area contributed by atoms with Gasteiger partial charge in [-0.2, -0.15) is 0 Å². The van der Waals surface area contributed by atoms with Gasteiger partial charge in [0.15, 0.2) is 0 Å². The second kappa shape index (κ2) is 4.88. The second-order valence-corrected chi connectivity index (χ2v) is 3.64. The van der Waals surface area contributed by atoms with Crippen LogP contribution in [-0.2, 0) is 4.79 Å². The monoisotopic (exact) mass is 200 g/mol. The lowest BCUT2D eigenvalue weighted by Gasteiger charge is -2.00. The predicted octanol–water partition coefficient (Wildman–Crippen LogP) is 0.395. The van der Waals surface area contributed by atoms with Crippen LogP contribution in [0.3, 0.4) is 0 Å². The van der Waals surface area contributed by atoms with E-state index in [1.165, 1.54) is 11.3 Å². The third kappa shape index (κ3) is 3.47. The van der Waals surface area contributed by atoms with Gasteiger partial charge in [0.1, 0.15) is 5.01 Å². The highest BCUT2D eigenvalue weighted by Gasteiger charge is 2.04. The molecule has 0 spiro atoms. The molecule has 0 saturated carbocycles. The van der Waals surface area contributed by atoms with Gasteiger partial charge < -0.3 is 5.32 Å². The number of amides is 1. The zero-order valence-corrected chi connectivity index (χ0v) is 8.44. The Morgan fingerprint density at radius 1 is 1.54 bits per heavy atom. The van der Waals surface area contributed by atoms with Crippen LogP contribution in [-0.4, -0.2) is 29.2 Å².